The fourth-order valence-corrected chi connectivity index (χ4v) is 2.45. The molecule has 0 amide bonds. The van der Waals surface area contributed by atoms with Crippen LogP contribution in [0.2, 0.25) is 0 Å². The summed E-state index contributed by atoms with van der Waals surface area (Å²) in [6.45, 7) is 1.17. The minimum atomic E-state index is -0.194. The van der Waals surface area contributed by atoms with Gasteiger partial charge in [-0.3, -0.25) is 4.90 Å². The van der Waals surface area contributed by atoms with E-state index in [1.165, 1.54) is 6.07 Å². The van der Waals surface area contributed by atoms with Gasteiger partial charge in [0.05, 0.1) is 12.3 Å². The van der Waals surface area contributed by atoms with Gasteiger partial charge in [0.25, 0.3) is 0 Å². The van der Waals surface area contributed by atoms with Gasteiger partial charge in [-0.1, -0.05) is 15.9 Å². The molecule has 0 saturated heterocycles. The maximum atomic E-state index is 13.6. The molecule has 2 aromatic rings. The van der Waals surface area contributed by atoms with Gasteiger partial charge in [-0.2, -0.15) is 0 Å². The highest BCUT2D eigenvalue weighted by Gasteiger charge is 2.16. The van der Waals surface area contributed by atoms with Crippen LogP contribution in [0.5, 0.6) is 0 Å². The summed E-state index contributed by atoms with van der Waals surface area (Å²) < 4.78 is 20.0. The highest BCUT2D eigenvalue weighted by molar-refractivity contribution is 9.10. The first-order valence-corrected chi connectivity index (χ1v) is 7.21. The van der Waals surface area contributed by atoms with Gasteiger partial charge in [-0.15, -0.1) is 0 Å². The molecule has 0 aliphatic rings. The summed E-state index contributed by atoms with van der Waals surface area (Å²) in [6, 6.07) is 8.91. The van der Waals surface area contributed by atoms with Gasteiger partial charge in [-0.25, -0.2) is 4.39 Å². The van der Waals surface area contributed by atoms with E-state index in [-0.39, 0.29) is 11.9 Å². The van der Waals surface area contributed by atoms with Gasteiger partial charge >= 0.3 is 0 Å². The third-order valence-corrected chi connectivity index (χ3v) is 3.65. The van der Waals surface area contributed by atoms with Crippen molar-refractivity contribution in [3.8, 4) is 0 Å². The Morgan fingerprint density at radius 1 is 1.35 bits per heavy atom. The van der Waals surface area contributed by atoms with Crippen LogP contribution in [0.4, 0.5) is 4.39 Å². The largest absolute Gasteiger partial charge is 0.468 e. The molecule has 0 saturated carbocycles. The maximum absolute atomic E-state index is 13.6. The minimum absolute atomic E-state index is 0.125. The standard InChI is InChI=1S/C15H18BrFN2O/c1-19(2)14(15-4-3-7-20-15)10-18-9-11-8-12(16)5-6-13(11)17/h3-8,14,18H,9-10H2,1-2H3. The van der Waals surface area contributed by atoms with E-state index >= 15 is 0 Å². The summed E-state index contributed by atoms with van der Waals surface area (Å²) in [4.78, 5) is 2.07. The number of nitrogens with one attached hydrogen (secondary N) is 1. The molecular weight excluding hydrogens is 323 g/mol. The second kappa shape index (κ2) is 7.02. The Kier molecular flexibility index (Phi) is 5.34. The van der Waals surface area contributed by atoms with Crippen LogP contribution < -0.4 is 5.32 Å². The highest BCUT2D eigenvalue weighted by Crippen LogP contribution is 2.19. The van der Waals surface area contributed by atoms with E-state index in [4.69, 9.17) is 4.42 Å². The van der Waals surface area contributed by atoms with Crippen LogP contribution in [0.1, 0.15) is 17.4 Å². The molecule has 5 heteroatoms. The summed E-state index contributed by atoms with van der Waals surface area (Å²) in [7, 11) is 3.99. The summed E-state index contributed by atoms with van der Waals surface area (Å²) in [6.07, 6.45) is 1.67. The predicted octanol–water partition coefficient (Wildman–Crippen LogP) is 3.57. The van der Waals surface area contributed by atoms with Crippen molar-refractivity contribution in [2.24, 2.45) is 0 Å². The van der Waals surface area contributed by atoms with Gasteiger partial charge in [0.2, 0.25) is 0 Å². The van der Waals surface area contributed by atoms with Crippen LogP contribution in [0.25, 0.3) is 0 Å². The zero-order valence-electron chi connectivity index (χ0n) is 11.6. The number of nitrogens with zero attached hydrogens (tertiary/aromatic N) is 1. The summed E-state index contributed by atoms with van der Waals surface area (Å²) >= 11 is 3.35. The molecule has 0 radical (unpaired) electrons. The highest BCUT2D eigenvalue weighted by atomic mass is 79.9. The third-order valence-electron chi connectivity index (χ3n) is 3.16. The molecule has 20 heavy (non-hydrogen) atoms. The normalized spacial score (nSPS) is 12.8. The van der Waals surface area contributed by atoms with Crippen molar-refractivity contribution >= 4 is 15.9 Å². The van der Waals surface area contributed by atoms with E-state index < -0.39 is 0 Å². The van der Waals surface area contributed by atoms with Crippen molar-refractivity contribution in [3.05, 3.63) is 58.2 Å². The molecule has 3 nitrogen and oxygen atoms in total. The first-order valence-electron chi connectivity index (χ1n) is 6.42. The number of halogens is 2. The Bertz CT molecular complexity index is 543. The molecule has 0 aliphatic heterocycles. The Hall–Kier alpha value is -1.17. The number of furan rings is 1. The zero-order chi connectivity index (χ0) is 14.5. The van der Waals surface area contributed by atoms with E-state index in [0.29, 0.717) is 18.7 Å². The van der Waals surface area contributed by atoms with Crippen LogP contribution in [0.15, 0.2) is 45.5 Å². The van der Waals surface area contributed by atoms with Crippen LogP contribution in [-0.4, -0.2) is 25.5 Å². The van der Waals surface area contributed by atoms with Crippen LogP contribution in [0, 0.1) is 5.82 Å². The lowest BCUT2D eigenvalue weighted by atomic mass is 10.2. The predicted molar refractivity (Wildman–Crippen MR) is 80.9 cm³/mol. The van der Waals surface area contributed by atoms with Crippen molar-refractivity contribution < 1.29 is 8.81 Å². The average molecular weight is 341 g/mol. The number of benzene rings is 1. The zero-order valence-corrected chi connectivity index (χ0v) is 13.2. The van der Waals surface area contributed by atoms with Crippen molar-refractivity contribution in [2.75, 3.05) is 20.6 Å². The molecule has 0 spiro atoms. The Morgan fingerprint density at radius 2 is 2.15 bits per heavy atom. The van der Waals surface area contributed by atoms with Crippen molar-refractivity contribution in [1.29, 1.82) is 0 Å². The number of rotatable bonds is 6. The third kappa shape index (κ3) is 3.91. The first kappa shape index (κ1) is 15.2. The van der Waals surface area contributed by atoms with E-state index in [0.717, 1.165) is 10.2 Å². The minimum Gasteiger partial charge on any atom is -0.468 e. The Balaban J connectivity index is 1.95. The van der Waals surface area contributed by atoms with E-state index in [1.54, 1.807) is 18.4 Å². The van der Waals surface area contributed by atoms with Gasteiger partial charge in [-0.05, 0) is 44.4 Å². The molecule has 1 atom stereocenters. The van der Waals surface area contributed by atoms with E-state index in [9.17, 15) is 4.39 Å². The fourth-order valence-electron chi connectivity index (χ4n) is 2.04. The molecule has 1 aromatic carbocycles. The van der Waals surface area contributed by atoms with E-state index in [1.807, 2.05) is 26.2 Å². The van der Waals surface area contributed by atoms with Crippen LogP contribution in [0.3, 0.4) is 0 Å². The lowest BCUT2D eigenvalue weighted by Gasteiger charge is -2.22. The Morgan fingerprint density at radius 3 is 2.80 bits per heavy atom. The molecule has 0 bridgehead atoms. The number of hydrogen-bond donors (Lipinski definition) is 1. The van der Waals surface area contributed by atoms with Crippen molar-refractivity contribution in [1.82, 2.24) is 10.2 Å². The smallest absolute Gasteiger partial charge is 0.127 e. The Labute approximate surface area is 126 Å². The van der Waals surface area contributed by atoms with Gasteiger partial charge in [0.1, 0.15) is 11.6 Å². The van der Waals surface area contributed by atoms with E-state index in [2.05, 4.69) is 26.1 Å². The number of likely N-dealkylation sites (N-methyl/N-ethyl adjacent to an activating group) is 1. The second-order valence-corrected chi connectivity index (χ2v) is 5.78. The molecule has 1 heterocycles. The quantitative estimate of drug-likeness (QED) is 0.871. The topological polar surface area (TPSA) is 28.4 Å². The monoisotopic (exact) mass is 340 g/mol. The second-order valence-electron chi connectivity index (χ2n) is 4.86. The molecular formula is C15H18BrFN2O. The lowest BCUT2D eigenvalue weighted by molar-refractivity contribution is 0.250. The van der Waals surface area contributed by atoms with Crippen LogP contribution >= 0.6 is 15.9 Å². The SMILES string of the molecule is CN(C)C(CNCc1cc(Br)ccc1F)c1ccco1. The first-order chi connectivity index (χ1) is 9.58. The van der Waals surface area contributed by atoms with Crippen molar-refractivity contribution in [3.63, 3.8) is 0 Å². The molecule has 0 fully saturated rings. The molecule has 0 aliphatic carbocycles. The molecule has 1 aromatic heterocycles. The summed E-state index contributed by atoms with van der Waals surface area (Å²) in [5.74, 6) is 0.706. The van der Waals surface area contributed by atoms with Crippen molar-refractivity contribution in [2.45, 2.75) is 12.6 Å². The maximum Gasteiger partial charge on any atom is 0.127 e. The van der Waals surface area contributed by atoms with Gasteiger partial charge in [0.15, 0.2) is 0 Å². The summed E-state index contributed by atoms with van der Waals surface area (Å²) in [5.41, 5.74) is 0.649. The molecule has 108 valence electrons. The molecule has 1 N–H and O–H groups in total. The number of hydrogen-bond acceptors (Lipinski definition) is 3. The average Bonchev–Trinajstić information content (AvgIpc) is 2.91. The summed E-state index contributed by atoms with van der Waals surface area (Å²) in [5, 5.41) is 3.28. The lowest BCUT2D eigenvalue weighted by Crippen LogP contribution is -2.30. The fraction of sp³-hybridized carbons (Fsp3) is 0.333. The molecule has 1 unspecified atom stereocenters. The molecule has 2 rings (SSSR count). The van der Waals surface area contributed by atoms with Crippen LogP contribution in [-0.2, 0) is 6.54 Å². The van der Waals surface area contributed by atoms with Gasteiger partial charge < -0.3 is 9.73 Å². The van der Waals surface area contributed by atoms with Gasteiger partial charge in [0, 0.05) is 23.1 Å².